The molecule has 1 aromatic heterocycles. The van der Waals surface area contributed by atoms with Crippen molar-refractivity contribution in [2.45, 2.75) is 46.0 Å². The van der Waals surface area contributed by atoms with Crippen molar-refractivity contribution in [2.75, 3.05) is 4.90 Å². The topological polar surface area (TPSA) is 8.17 Å². The quantitative estimate of drug-likeness (QED) is 0.173. The number of aryl methyl sites for hydroxylation is 1. The molecule has 1 heterocycles. The number of fused-ring (bicyclic) bond motifs is 6. The van der Waals surface area contributed by atoms with E-state index in [1.54, 1.807) is 0 Å². The summed E-state index contributed by atoms with van der Waals surface area (Å²) in [6, 6.07) is 58.2. The van der Waals surface area contributed by atoms with Crippen LogP contribution in [-0.2, 0) is 5.41 Å². The number of anilines is 3. The molecule has 7 aromatic carbocycles. The van der Waals surface area contributed by atoms with Crippen LogP contribution in [0.3, 0.4) is 0 Å². The number of nitrogens with zero attached hydrogens (tertiary/aromatic N) is 2. The first-order valence-corrected chi connectivity index (χ1v) is 18.1. The molecule has 2 nitrogen and oxygen atoms in total. The van der Waals surface area contributed by atoms with Crippen LogP contribution in [0.2, 0.25) is 0 Å². The Kier molecular flexibility index (Phi) is 7.26. The highest BCUT2D eigenvalue weighted by molar-refractivity contribution is 6.10. The third kappa shape index (κ3) is 4.93. The van der Waals surface area contributed by atoms with Gasteiger partial charge in [0.25, 0.3) is 0 Å². The molecule has 2 heteroatoms. The minimum absolute atomic E-state index is 0.0748. The van der Waals surface area contributed by atoms with Crippen molar-refractivity contribution in [3.05, 3.63) is 180 Å². The maximum absolute atomic E-state index is 2.46. The number of hydrogen-bond donors (Lipinski definition) is 0. The van der Waals surface area contributed by atoms with Gasteiger partial charge in [0.15, 0.2) is 0 Å². The zero-order valence-electron chi connectivity index (χ0n) is 30.0. The van der Waals surface area contributed by atoms with E-state index in [2.05, 4.69) is 202 Å². The molecule has 0 radical (unpaired) electrons. The van der Waals surface area contributed by atoms with Crippen LogP contribution in [0.4, 0.5) is 17.1 Å². The summed E-state index contributed by atoms with van der Waals surface area (Å²) in [5.74, 6) is 0.326. The first kappa shape index (κ1) is 31.1. The van der Waals surface area contributed by atoms with Gasteiger partial charge in [0.1, 0.15) is 0 Å². The zero-order chi connectivity index (χ0) is 34.9. The Bertz CT molecular complexity index is 2590. The lowest BCUT2D eigenvalue weighted by molar-refractivity contribution is 0.660. The van der Waals surface area contributed by atoms with Gasteiger partial charge in [0.05, 0.1) is 11.0 Å². The van der Waals surface area contributed by atoms with Gasteiger partial charge in [-0.15, -0.1) is 0 Å². The largest absolute Gasteiger partial charge is 0.310 e. The van der Waals surface area contributed by atoms with E-state index in [-0.39, 0.29) is 5.41 Å². The van der Waals surface area contributed by atoms with E-state index in [9.17, 15) is 0 Å². The van der Waals surface area contributed by atoms with Crippen LogP contribution in [0.25, 0.3) is 49.7 Å². The molecule has 0 N–H and O–H groups in total. The predicted molar refractivity (Wildman–Crippen MR) is 217 cm³/mol. The second kappa shape index (κ2) is 11.9. The third-order valence-electron chi connectivity index (χ3n) is 11.1. The van der Waals surface area contributed by atoms with Crippen molar-refractivity contribution in [3.8, 4) is 27.9 Å². The normalized spacial score (nSPS) is 13.1. The smallest absolute Gasteiger partial charge is 0.0541 e. The lowest BCUT2D eigenvalue weighted by Crippen LogP contribution is -2.17. The highest BCUT2D eigenvalue weighted by Gasteiger charge is 2.36. The summed E-state index contributed by atoms with van der Waals surface area (Å²) in [4.78, 5) is 2.46. The van der Waals surface area contributed by atoms with Crippen molar-refractivity contribution >= 4 is 38.9 Å². The van der Waals surface area contributed by atoms with E-state index in [4.69, 9.17) is 0 Å². The molecule has 8 aromatic rings. The lowest BCUT2D eigenvalue weighted by Gasteiger charge is -2.30. The average molecular weight is 659 g/mol. The molecule has 0 unspecified atom stereocenters. The maximum Gasteiger partial charge on any atom is 0.0541 e. The Balaban J connectivity index is 1.21. The standard InChI is InChI=1S/C49H42N2/c1-32(2)41-31-48(50(35-16-8-6-9-17-35)37-25-26-39-38-20-12-14-22-44(38)49(4,5)45(39)30-37)33(3)28-42(41)34-24-27-47-43(29-34)40-21-13-15-23-46(40)51(47)36-18-10-7-11-19-36/h6-32H,1-5H3. The van der Waals surface area contributed by atoms with Crippen molar-refractivity contribution in [3.63, 3.8) is 0 Å². The molecule has 51 heavy (non-hydrogen) atoms. The monoisotopic (exact) mass is 658 g/mol. The number of rotatable bonds is 6. The maximum atomic E-state index is 2.46. The van der Waals surface area contributed by atoms with Gasteiger partial charge < -0.3 is 9.47 Å². The van der Waals surface area contributed by atoms with Crippen LogP contribution in [0.5, 0.6) is 0 Å². The van der Waals surface area contributed by atoms with Crippen LogP contribution in [0, 0.1) is 6.92 Å². The highest BCUT2D eigenvalue weighted by atomic mass is 15.1. The number of para-hydroxylation sites is 3. The Morgan fingerprint density at radius 2 is 1.20 bits per heavy atom. The van der Waals surface area contributed by atoms with Crippen LogP contribution in [-0.4, -0.2) is 4.57 Å². The second-order valence-electron chi connectivity index (χ2n) is 14.9. The van der Waals surface area contributed by atoms with Crippen molar-refractivity contribution in [1.29, 1.82) is 0 Å². The van der Waals surface area contributed by atoms with E-state index < -0.39 is 0 Å². The van der Waals surface area contributed by atoms with Gasteiger partial charge in [-0.05, 0) is 124 Å². The predicted octanol–water partition coefficient (Wildman–Crippen LogP) is 13.7. The fourth-order valence-electron chi connectivity index (χ4n) is 8.51. The SMILES string of the molecule is Cc1cc(-c2ccc3c(c2)c2ccccc2n3-c2ccccc2)c(C(C)C)cc1N(c1ccccc1)c1ccc2c(c1)C(C)(C)c1ccccc1-2. The van der Waals surface area contributed by atoms with Gasteiger partial charge in [-0.25, -0.2) is 0 Å². The summed E-state index contributed by atoms with van der Waals surface area (Å²) in [6.07, 6.45) is 0. The molecule has 0 bridgehead atoms. The third-order valence-corrected chi connectivity index (χ3v) is 11.1. The highest BCUT2D eigenvalue weighted by Crippen LogP contribution is 2.51. The van der Waals surface area contributed by atoms with Crippen LogP contribution in [0.1, 0.15) is 55.9 Å². The van der Waals surface area contributed by atoms with E-state index in [1.165, 1.54) is 83.4 Å². The van der Waals surface area contributed by atoms with Crippen molar-refractivity contribution in [2.24, 2.45) is 0 Å². The summed E-state index contributed by atoms with van der Waals surface area (Å²) in [7, 11) is 0. The van der Waals surface area contributed by atoms with E-state index in [0.717, 1.165) is 5.69 Å². The Labute approximate surface area is 301 Å². The Morgan fingerprint density at radius 3 is 1.98 bits per heavy atom. The molecule has 0 spiro atoms. The molecule has 0 saturated heterocycles. The molecule has 248 valence electrons. The summed E-state index contributed by atoms with van der Waals surface area (Å²) >= 11 is 0. The van der Waals surface area contributed by atoms with E-state index in [0.29, 0.717) is 5.92 Å². The number of benzene rings is 7. The first-order chi connectivity index (χ1) is 24.8. The molecule has 1 aliphatic rings. The van der Waals surface area contributed by atoms with Gasteiger partial charge in [-0.1, -0.05) is 119 Å². The van der Waals surface area contributed by atoms with Crippen LogP contribution in [0.15, 0.2) is 158 Å². The first-order valence-electron chi connectivity index (χ1n) is 18.1. The molecule has 0 atom stereocenters. The minimum atomic E-state index is -0.0748. The van der Waals surface area contributed by atoms with E-state index in [1.807, 2.05) is 0 Å². The van der Waals surface area contributed by atoms with Gasteiger partial charge in [0, 0.05) is 38.9 Å². The number of hydrogen-bond acceptors (Lipinski definition) is 1. The second-order valence-corrected chi connectivity index (χ2v) is 14.9. The summed E-state index contributed by atoms with van der Waals surface area (Å²) in [5, 5.41) is 2.55. The molecular weight excluding hydrogens is 617 g/mol. The van der Waals surface area contributed by atoms with Gasteiger partial charge in [0.2, 0.25) is 0 Å². The van der Waals surface area contributed by atoms with Gasteiger partial charge in [-0.3, -0.25) is 0 Å². The molecule has 0 amide bonds. The minimum Gasteiger partial charge on any atom is -0.310 e. The summed E-state index contributed by atoms with van der Waals surface area (Å²) in [6.45, 7) is 11.6. The average Bonchev–Trinajstić information content (AvgIpc) is 3.61. The van der Waals surface area contributed by atoms with Crippen LogP contribution < -0.4 is 4.90 Å². The summed E-state index contributed by atoms with van der Waals surface area (Å²) in [5.41, 5.74) is 17.7. The zero-order valence-corrected chi connectivity index (χ0v) is 30.0. The molecule has 1 aliphatic carbocycles. The van der Waals surface area contributed by atoms with Crippen LogP contribution >= 0.6 is 0 Å². The van der Waals surface area contributed by atoms with Gasteiger partial charge in [-0.2, -0.15) is 0 Å². The Hall–Kier alpha value is -5.86. The lowest BCUT2D eigenvalue weighted by atomic mass is 9.82. The fraction of sp³-hybridized carbons (Fsp3) is 0.143. The molecule has 9 rings (SSSR count). The van der Waals surface area contributed by atoms with Gasteiger partial charge >= 0.3 is 0 Å². The molecule has 0 fully saturated rings. The molecule has 0 saturated carbocycles. The van der Waals surface area contributed by atoms with E-state index >= 15 is 0 Å². The number of aromatic nitrogens is 1. The van der Waals surface area contributed by atoms with Crippen molar-refractivity contribution in [1.82, 2.24) is 4.57 Å². The Morgan fingerprint density at radius 1 is 0.529 bits per heavy atom. The molecule has 0 aliphatic heterocycles. The summed E-state index contributed by atoms with van der Waals surface area (Å²) < 4.78 is 2.39. The molecular formula is C49H42N2. The van der Waals surface area contributed by atoms with Crippen molar-refractivity contribution < 1.29 is 0 Å². The fourth-order valence-corrected chi connectivity index (χ4v) is 8.51.